The fraction of sp³-hybridized carbons (Fsp3) is 0.179. The fourth-order valence-electron chi connectivity index (χ4n) is 3.69. The second-order valence-corrected chi connectivity index (χ2v) is 8.76. The lowest BCUT2D eigenvalue weighted by Gasteiger charge is -2.14. The summed E-state index contributed by atoms with van der Waals surface area (Å²) in [5, 5.41) is 9.33. The molecule has 8 heteroatoms. The van der Waals surface area contributed by atoms with Gasteiger partial charge in [0, 0.05) is 24.1 Å². The first-order valence-electron chi connectivity index (χ1n) is 11.8. The molecule has 180 valence electrons. The van der Waals surface area contributed by atoms with E-state index in [1.807, 2.05) is 42.5 Å². The van der Waals surface area contributed by atoms with Crippen LogP contribution in [-0.2, 0) is 17.8 Å². The number of carbonyl (C=O) groups excluding carboxylic acids is 1. The summed E-state index contributed by atoms with van der Waals surface area (Å²) in [7, 11) is 6.09. The van der Waals surface area contributed by atoms with Gasteiger partial charge >= 0.3 is 0 Å². The Balaban J connectivity index is 1.39. The zero-order valence-electron chi connectivity index (χ0n) is 20.5. The van der Waals surface area contributed by atoms with Crippen LogP contribution < -0.4 is 27.1 Å². The lowest BCUT2D eigenvalue weighted by atomic mass is 9.99. The first-order valence-corrected chi connectivity index (χ1v) is 11.8. The lowest BCUT2D eigenvalue weighted by Crippen LogP contribution is -2.37. The predicted octanol–water partition coefficient (Wildman–Crippen LogP) is 3.75. The van der Waals surface area contributed by atoms with E-state index in [1.54, 1.807) is 18.3 Å². The van der Waals surface area contributed by atoms with E-state index < -0.39 is 6.04 Å². The van der Waals surface area contributed by atoms with Gasteiger partial charge in [0.25, 0.3) is 0 Å². The SMILES string of the molecule is [B]c1cnc(Nc2cccc(NC(=O)C(N)Cc3ccccc3)c2)nc1NCc1ccc(C)c(C)c1. The van der Waals surface area contributed by atoms with Crippen molar-refractivity contribution in [2.24, 2.45) is 5.73 Å². The Morgan fingerprint density at radius 1 is 0.944 bits per heavy atom. The molecule has 2 radical (unpaired) electrons. The predicted molar refractivity (Wildman–Crippen MR) is 147 cm³/mol. The number of hydrogen-bond donors (Lipinski definition) is 4. The van der Waals surface area contributed by atoms with Gasteiger partial charge in [-0.25, -0.2) is 4.98 Å². The van der Waals surface area contributed by atoms with Crippen LogP contribution in [0.1, 0.15) is 22.3 Å². The van der Waals surface area contributed by atoms with Gasteiger partial charge in [0.2, 0.25) is 11.9 Å². The number of anilines is 4. The number of hydrogen-bond acceptors (Lipinski definition) is 6. The average molecular weight is 476 g/mol. The number of nitrogens with one attached hydrogen (secondary N) is 3. The van der Waals surface area contributed by atoms with Crippen LogP contribution in [0, 0.1) is 13.8 Å². The van der Waals surface area contributed by atoms with Crippen molar-refractivity contribution < 1.29 is 4.79 Å². The van der Waals surface area contributed by atoms with E-state index in [4.69, 9.17) is 13.6 Å². The van der Waals surface area contributed by atoms with E-state index >= 15 is 0 Å². The molecule has 0 bridgehead atoms. The summed E-state index contributed by atoms with van der Waals surface area (Å²) in [6.07, 6.45) is 2.02. The summed E-state index contributed by atoms with van der Waals surface area (Å²) in [5.74, 6) is 0.677. The molecule has 4 aromatic rings. The normalized spacial score (nSPS) is 11.5. The molecule has 1 heterocycles. The Bertz CT molecular complexity index is 1350. The first kappa shape index (κ1) is 24.9. The maximum atomic E-state index is 12.6. The minimum Gasteiger partial charge on any atom is -0.366 e. The van der Waals surface area contributed by atoms with Gasteiger partial charge in [-0.15, -0.1) is 0 Å². The van der Waals surface area contributed by atoms with Gasteiger partial charge in [-0.05, 0) is 66.2 Å². The van der Waals surface area contributed by atoms with Gasteiger partial charge in [-0.1, -0.05) is 54.6 Å². The molecule has 0 fully saturated rings. The summed E-state index contributed by atoms with van der Waals surface area (Å²) < 4.78 is 0. The maximum absolute atomic E-state index is 12.6. The zero-order chi connectivity index (χ0) is 25.5. The highest BCUT2D eigenvalue weighted by Gasteiger charge is 2.14. The highest BCUT2D eigenvalue weighted by molar-refractivity contribution is 6.35. The number of nitrogens with zero attached hydrogens (tertiary/aromatic N) is 2. The number of nitrogens with two attached hydrogens (primary N) is 1. The number of aryl methyl sites for hydroxylation is 2. The molecule has 0 spiro atoms. The number of carbonyl (C=O) groups is 1. The summed E-state index contributed by atoms with van der Waals surface area (Å²) in [4.78, 5) is 21.4. The van der Waals surface area contributed by atoms with Gasteiger partial charge in [-0.3, -0.25) is 4.79 Å². The molecular weight excluding hydrogens is 447 g/mol. The molecular formula is C28H29BN6O. The smallest absolute Gasteiger partial charge is 0.241 e. The van der Waals surface area contributed by atoms with Crippen LogP contribution in [0.3, 0.4) is 0 Å². The Hall–Kier alpha value is -4.17. The molecule has 0 saturated carbocycles. The molecule has 7 nitrogen and oxygen atoms in total. The third-order valence-electron chi connectivity index (χ3n) is 5.87. The third kappa shape index (κ3) is 6.70. The van der Waals surface area contributed by atoms with Crippen LogP contribution in [0.5, 0.6) is 0 Å². The molecule has 0 aliphatic heterocycles. The van der Waals surface area contributed by atoms with E-state index in [9.17, 15) is 4.79 Å². The Labute approximate surface area is 213 Å². The van der Waals surface area contributed by atoms with Gasteiger partial charge < -0.3 is 21.7 Å². The topological polar surface area (TPSA) is 105 Å². The fourth-order valence-corrected chi connectivity index (χ4v) is 3.69. The zero-order valence-corrected chi connectivity index (χ0v) is 20.5. The Morgan fingerprint density at radius 3 is 2.50 bits per heavy atom. The van der Waals surface area contributed by atoms with E-state index in [-0.39, 0.29) is 5.91 Å². The number of amides is 1. The van der Waals surface area contributed by atoms with Crippen molar-refractivity contribution in [2.75, 3.05) is 16.0 Å². The first-order chi connectivity index (χ1) is 17.4. The molecule has 0 aliphatic rings. The summed E-state index contributed by atoms with van der Waals surface area (Å²) in [5.41, 5.74) is 12.5. The molecule has 4 rings (SSSR count). The Morgan fingerprint density at radius 2 is 1.72 bits per heavy atom. The van der Waals surface area contributed by atoms with Gasteiger partial charge in [0.05, 0.1) is 6.04 Å². The van der Waals surface area contributed by atoms with Crippen molar-refractivity contribution in [3.63, 3.8) is 0 Å². The van der Waals surface area contributed by atoms with Gasteiger partial charge in [0.15, 0.2) is 0 Å². The largest absolute Gasteiger partial charge is 0.366 e. The third-order valence-corrected chi connectivity index (χ3v) is 5.87. The lowest BCUT2D eigenvalue weighted by molar-refractivity contribution is -0.117. The standard InChI is InChI=1S/C28H29BN6O/c1-18-11-12-21(13-19(18)2)16-31-26-24(29)17-32-28(35-26)34-23-10-6-9-22(15-23)33-27(36)25(30)14-20-7-4-3-5-8-20/h3-13,15,17,25H,14,16,30H2,1-2H3,(H,33,36)(H2,31,32,34,35). The van der Waals surface area contributed by atoms with Gasteiger partial charge in [-0.2, -0.15) is 4.98 Å². The van der Waals surface area contributed by atoms with Crippen LogP contribution >= 0.6 is 0 Å². The number of benzene rings is 3. The average Bonchev–Trinajstić information content (AvgIpc) is 2.87. The van der Waals surface area contributed by atoms with E-state index in [2.05, 4.69) is 58.0 Å². The molecule has 5 N–H and O–H groups in total. The van der Waals surface area contributed by atoms with Crippen LogP contribution in [-0.4, -0.2) is 29.8 Å². The second-order valence-electron chi connectivity index (χ2n) is 8.76. The van der Waals surface area contributed by atoms with Gasteiger partial charge in [0.1, 0.15) is 13.7 Å². The summed E-state index contributed by atoms with van der Waals surface area (Å²) in [6, 6.07) is 22.7. The number of rotatable bonds is 9. The molecule has 1 aromatic heterocycles. The van der Waals surface area contributed by atoms with Crippen LogP contribution in [0.4, 0.5) is 23.1 Å². The van der Waals surface area contributed by atoms with E-state index in [0.29, 0.717) is 41.6 Å². The molecule has 1 unspecified atom stereocenters. The summed E-state index contributed by atoms with van der Waals surface area (Å²) in [6.45, 7) is 4.77. The van der Waals surface area contributed by atoms with E-state index in [1.165, 1.54) is 11.1 Å². The van der Waals surface area contributed by atoms with Crippen molar-refractivity contribution in [1.29, 1.82) is 0 Å². The minimum absolute atomic E-state index is 0.252. The second kappa shape index (κ2) is 11.5. The highest BCUT2D eigenvalue weighted by Crippen LogP contribution is 2.19. The molecule has 0 saturated heterocycles. The van der Waals surface area contributed by atoms with E-state index in [0.717, 1.165) is 11.1 Å². The monoisotopic (exact) mass is 476 g/mol. The molecule has 36 heavy (non-hydrogen) atoms. The number of aromatic nitrogens is 2. The molecule has 1 atom stereocenters. The van der Waals surface area contributed by atoms with Crippen molar-refractivity contribution in [2.45, 2.75) is 32.9 Å². The highest BCUT2D eigenvalue weighted by atomic mass is 16.2. The molecule has 0 aliphatic carbocycles. The molecule has 3 aromatic carbocycles. The quantitative estimate of drug-likeness (QED) is 0.274. The minimum atomic E-state index is -0.657. The van der Waals surface area contributed by atoms with Crippen molar-refractivity contribution in [3.8, 4) is 0 Å². The Kier molecular flexibility index (Phi) is 7.97. The van der Waals surface area contributed by atoms with Crippen LogP contribution in [0.15, 0.2) is 79.0 Å². The van der Waals surface area contributed by atoms with Crippen molar-refractivity contribution >= 4 is 42.4 Å². The van der Waals surface area contributed by atoms with Crippen molar-refractivity contribution in [3.05, 3.63) is 101 Å². The summed E-state index contributed by atoms with van der Waals surface area (Å²) >= 11 is 0. The van der Waals surface area contributed by atoms with Crippen LogP contribution in [0.25, 0.3) is 0 Å². The maximum Gasteiger partial charge on any atom is 0.241 e. The molecule has 1 amide bonds. The van der Waals surface area contributed by atoms with Crippen molar-refractivity contribution in [1.82, 2.24) is 9.97 Å². The van der Waals surface area contributed by atoms with Crippen LogP contribution in [0.2, 0.25) is 0 Å².